The number of carbonyl (C=O) groups excluding carboxylic acids is 1. The van der Waals surface area contributed by atoms with Gasteiger partial charge in [0.25, 0.3) is 5.69 Å². The standard InChI is InChI=1S/C22H25Cl2N3O3/c1-22(2,16-7-8-17(23)18(24)13-16)14-25-21(28)15-9-11-26(12-10-15)19-5-3-4-6-20(19)27(29)30/h3-8,13,15H,9-12,14H2,1-2H3,(H,25,28). The van der Waals surface area contributed by atoms with E-state index in [2.05, 4.69) is 5.32 Å². The fourth-order valence-corrected chi connectivity index (χ4v) is 4.04. The molecule has 0 aliphatic carbocycles. The summed E-state index contributed by atoms with van der Waals surface area (Å²) < 4.78 is 0. The maximum Gasteiger partial charge on any atom is 0.292 e. The van der Waals surface area contributed by atoms with E-state index in [-0.39, 0.29) is 27.9 Å². The molecule has 0 unspecified atom stereocenters. The molecule has 0 spiro atoms. The van der Waals surface area contributed by atoms with E-state index in [9.17, 15) is 14.9 Å². The summed E-state index contributed by atoms with van der Waals surface area (Å²) in [4.78, 5) is 25.6. The summed E-state index contributed by atoms with van der Waals surface area (Å²) in [6.07, 6.45) is 1.32. The van der Waals surface area contributed by atoms with Crippen molar-refractivity contribution < 1.29 is 9.72 Å². The van der Waals surface area contributed by atoms with Crippen LogP contribution in [-0.2, 0) is 10.2 Å². The summed E-state index contributed by atoms with van der Waals surface area (Å²) >= 11 is 12.1. The Kier molecular flexibility index (Phi) is 6.88. The number of para-hydroxylation sites is 2. The molecule has 0 radical (unpaired) electrons. The van der Waals surface area contributed by atoms with E-state index in [0.717, 1.165) is 5.56 Å². The number of nitro groups is 1. The molecule has 6 nitrogen and oxygen atoms in total. The Bertz CT molecular complexity index is 941. The predicted octanol–water partition coefficient (Wildman–Crippen LogP) is 5.21. The fourth-order valence-electron chi connectivity index (χ4n) is 3.74. The lowest BCUT2D eigenvalue weighted by molar-refractivity contribution is -0.384. The Labute approximate surface area is 186 Å². The molecule has 3 rings (SSSR count). The molecule has 160 valence electrons. The van der Waals surface area contributed by atoms with Crippen molar-refractivity contribution in [3.05, 3.63) is 68.2 Å². The van der Waals surface area contributed by atoms with E-state index in [0.29, 0.717) is 48.2 Å². The van der Waals surface area contributed by atoms with E-state index in [1.54, 1.807) is 24.3 Å². The molecule has 0 atom stereocenters. The minimum absolute atomic E-state index is 0.0188. The molecule has 1 fully saturated rings. The second kappa shape index (κ2) is 9.23. The van der Waals surface area contributed by atoms with Crippen molar-refractivity contribution in [1.82, 2.24) is 5.32 Å². The number of benzene rings is 2. The van der Waals surface area contributed by atoms with E-state index in [1.807, 2.05) is 30.9 Å². The topological polar surface area (TPSA) is 75.5 Å². The zero-order chi connectivity index (χ0) is 21.9. The third-order valence-corrected chi connectivity index (χ3v) is 6.43. The van der Waals surface area contributed by atoms with Crippen molar-refractivity contribution in [2.45, 2.75) is 32.1 Å². The first-order valence-electron chi connectivity index (χ1n) is 9.90. The number of nitrogens with zero attached hydrogens (tertiary/aromatic N) is 2. The van der Waals surface area contributed by atoms with Crippen LogP contribution < -0.4 is 10.2 Å². The van der Waals surface area contributed by atoms with Gasteiger partial charge in [0.15, 0.2) is 0 Å². The molecule has 1 aliphatic heterocycles. The third-order valence-electron chi connectivity index (χ3n) is 5.69. The molecule has 1 N–H and O–H groups in total. The van der Waals surface area contributed by atoms with Crippen LogP contribution in [0.3, 0.4) is 0 Å². The molecule has 1 saturated heterocycles. The molecule has 2 aromatic carbocycles. The van der Waals surface area contributed by atoms with Gasteiger partial charge in [-0.3, -0.25) is 14.9 Å². The summed E-state index contributed by atoms with van der Waals surface area (Å²) in [6.45, 7) is 5.79. The van der Waals surface area contributed by atoms with Crippen LogP contribution in [0, 0.1) is 16.0 Å². The van der Waals surface area contributed by atoms with E-state index in [4.69, 9.17) is 23.2 Å². The van der Waals surface area contributed by atoms with Crippen molar-refractivity contribution in [1.29, 1.82) is 0 Å². The monoisotopic (exact) mass is 449 g/mol. The van der Waals surface area contributed by atoms with Gasteiger partial charge in [-0.1, -0.05) is 55.2 Å². The molecule has 1 aliphatic rings. The first-order valence-corrected chi connectivity index (χ1v) is 10.7. The Morgan fingerprint density at radius 3 is 2.47 bits per heavy atom. The number of nitrogens with one attached hydrogen (secondary N) is 1. The van der Waals surface area contributed by atoms with Gasteiger partial charge < -0.3 is 10.2 Å². The van der Waals surface area contributed by atoms with Crippen LogP contribution >= 0.6 is 23.2 Å². The number of anilines is 1. The Balaban J connectivity index is 1.57. The maximum absolute atomic E-state index is 12.7. The van der Waals surface area contributed by atoms with Gasteiger partial charge in [0.1, 0.15) is 5.69 Å². The van der Waals surface area contributed by atoms with Crippen LogP contribution in [0.4, 0.5) is 11.4 Å². The average molecular weight is 450 g/mol. The Morgan fingerprint density at radius 2 is 1.83 bits per heavy atom. The molecule has 0 bridgehead atoms. The van der Waals surface area contributed by atoms with Crippen LogP contribution in [0.1, 0.15) is 32.3 Å². The lowest BCUT2D eigenvalue weighted by Gasteiger charge is -2.33. The highest BCUT2D eigenvalue weighted by atomic mass is 35.5. The number of rotatable bonds is 6. The number of amides is 1. The number of hydrogen-bond donors (Lipinski definition) is 1. The number of hydrogen-bond acceptors (Lipinski definition) is 4. The molecule has 1 amide bonds. The molecular formula is C22H25Cl2N3O3. The highest BCUT2D eigenvalue weighted by molar-refractivity contribution is 6.42. The van der Waals surface area contributed by atoms with Crippen LogP contribution in [0.5, 0.6) is 0 Å². The average Bonchev–Trinajstić information content (AvgIpc) is 2.74. The highest BCUT2D eigenvalue weighted by Crippen LogP contribution is 2.32. The smallest absolute Gasteiger partial charge is 0.292 e. The van der Waals surface area contributed by atoms with Crippen molar-refractivity contribution in [2.24, 2.45) is 5.92 Å². The summed E-state index contributed by atoms with van der Waals surface area (Å²) in [5.74, 6) is -0.0843. The summed E-state index contributed by atoms with van der Waals surface area (Å²) in [7, 11) is 0. The lowest BCUT2D eigenvalue weighted by atomic mass is 9.84. The van der Waals surface area contributed by atoms with Crippen LogP contribution in [0.2, 0.25) is 10.0 Å². The fraction of sp³-hybridized carbons (Fsp3) is 0.409. The molecule has 0 aromatic heterocycles. The molecule has 1 heterocycles. The molecule has 30 heavy (non-hydrogen) atoms. The normalized spacial score (nSPS) is 15.1. The van der Waals surface area contributed by atoms with Gasteiger partial charge >= 0.3 is 0 Å². The van der Waals surface area contributed by atoms with E-state index in [1.165, 1.54) is 6.07 Å². The second-order valence-electron chi connectivity index (χ2n) is 8.24. The van der Waals surface area contributed by atoms with Crippen LogP contribution in [0.15, 0.2) is 42.5 Å². The van der Waals surface area contributed by atoms with Gasteiger partial charge in [0, 0.05) is 37.0 Å². The van der Waals surface area contributed by atoms with Gasteiger partial charge in [-0.25, -0.2) is 0 Å². The van der Waals surface area contributed by atoms with Gasteiger partial charge in [-0.15, -0.1) is 0 Å². The first-order chi connectivity index (χ1) is 14.2. The molecule has 8 heteroatoms. The van der Waals surface area contributed by atoms with Crippen molar-refractivity contribution in [2.75, 3.05) is 24.5 Å². The number of nitro benzene ring substituents is 1. The molecule has 0 saturated carbocycles. The quantitative estimate of drug-likeness (QED) is 0.484. The second-order valence-corrected chi connectivity index (χ2v) is 9.05. The molecule has 2 aromatic rings. The summed E-state index contributed by atoms with van der Waals surface area (Å²) in [5.41, 5.74) is 1.42. The highest BCUT2D eigenvalue weighted by Gasteiger charge is 2.29. The predicted molar refractivity (Wildman–Crippen MR) is 121 cm³/mol. The number of halogens is 2. The van der Waals surface area contributed by atoms with Gasteiger partial charge in [-0.2, -0.15) is 0 Å². The number of piperidine rings is 1. The minimum atomic E-state index is -0.362. The summed E-state index contributed by atoms with van der Waals surface area (Å²) in [5, 5.41) is 15.3. The molecular weight excluding hydrogens is 425 g/mol. The third kappa shape index (κ3) is 5.05. The van der Waals surface area contributed by atoms with Crippen LogP contribution in [-0.4, -0.2) is 30.5 Å². The van der Waals surface area contributed by atoms with Crippen LogP contribution in [0.25, 0.3) is 0 Å². The maximum atomic E-state index is 12.7. The summed E-state index contributed by atoms with van der Waals surface area (Å²) in [6, 6.07) is 12.3. The Morgan fingerprint density at radius 1 is 1.17 bits per heavy atom. The van der Waals surface area contributed by atoms with Gasteiger partial charge in [-0.05, 0) is 36.6 Å². The van der Waals surface area contributed by atoms with Gasteiger partial charge in [0.05, 0.1) is 15.0 Å². The Hall–Kier alpha value is -2.31. The van der Waals surface area contributed by atoms with Crippen molar-refractivity contribution in [3.63, 3.8) is 0 Å². The largest absolute Gasteiger partial charge is 0.366 e. The lowest BCUT2D eigenvalue weighted by Crippen LogP contribution is -2.44. The zero-order valence-corrected chi connectivity index (χ0v) is 18.5. The zero-order valence-electron chi connectivity index (χ0n) is 17.0. The van der Waals surface area contributed by atoms with Crippen molar-refractivity contribution in [3.8, 4) is 0 Å². The number of carbonyl (C=O) groups is 1. The van der Waals surface area contributed by atoms with Crippen molar-refractivity contribution >= 4 is 40.5 Å². The van der Waals surface area contributed by atoms with E-state index < -0.39 is 0 Å². The first kappa shape index (κ1) is 22.4. The van der Waals surface area contributed by atoms with Gasteiger partial charge in [0.2, 0.25) is 5.91 Å². The van der Waals surface area contributed by atoms with E-state index >= 15 is 0 Å². The minimum Gasteiger partial charge on any atom is -0.366 e. The SMILES string of the molecule is CC(C)(CNC(=O)C1CCN(c2ccccc2[N+](=O)[O-])CC1)c1ccc(Cl)c(Cl)c1.